The van der Waals surface area contributed by atoms with E-state index in [0.29, 0.717) is 0 Å². The lowest BCUT2D eigenvalue weighted by atomic mass is 9.96. The van der Waals surface area contributed by atoms with Gasteiger partial charge in [-0.2, -0.15) is 0 Å². The maximum Gasteiger partial charge on any atom is 0.136 e. The van der Waals surface area contributed by atoms with Crippen LogP contribution in [0.4, 0.5) is 17.1 Å². The molecule has 0 atom stereocenters. The third-order valence-electron chi connectivity index (χ3n) is 11.2. The third-order valence-corrected chi connectivity index (χ3v) is 11.2. The summed E-state index contributed by atoms with van der Waals surface area (Å²) >= 11 is 0. The van der Waals surface area contributed by atoms with Gasteiger partial charge >= 0.3 is 0 Å². The molecule has 0 saturated carbocycles. The van der Waals surface area contributed by atoms with Gasteiger partial charge in [0.25, 0.3) is 0 Å². The highest BCUT2D eigenvalue weighted by Crippen LogP contribution is 2.43. The van der Waals surface area contributed by atoms with E-state index in [1.807, 2.05) is 12.1 Å². The molecule has 0 aliphatic carbocycles. The van der Waals surface area contributed by atoms with E-state index in [9.17, 15) is 0 Å². The van der Waals surface area contributed by atoms with Crippen LogP contribution < -0.4 is 4.90 Å². The molecule has 0 saturated heterocycles. The van der Waals surface area contributed by atoms with Gasteiger partial charge in [-0.3, -0.25) is 0 Å². The molecule has 2 heterocycles. The van der Waals surface area contributed by atoms with Crippen molar-refractivity contribution in [3.05, 3.63) is 218 Å². The van der Waals surface area contributed by atoms with Gasteiger partial charge in [0, 0.05) is 44.2 Å². The van der Waals surface area contributed by atoms with E-state index >= 15 is 0 Å². The van der Waals surface area contributed by atoms with Crippen molar-refractivity contribution in [1.29, 1.82) is 0 Å². The lowest BCUT2D eigenvalue weighted by molar-refractivity contribution is 0.669. The normalized spacial score (nSPS) is 11.5. The summed E-state index contributed by atoms with van der Waals surface area (Å²) in [7, 11) is 0. The molecule has 268 valence electrons. The molecule has 57 heavy (non-hydrogen) atoms. The minimum Gasteiger partial charge on any atom is -0.456 e. The summed E-state index contributed by atoms with van der Waals surface area (Å²) in [6, 6.07) is 78.1. The average Bonchev–Trinajstić information content (AvgIpc) is 3.84. The second kappa shape index (κ2) is 13.6. The molecule has 11 aromatic rings. The first-order valence-electron chi connectivity index (χ1n) is 19.4. The van der Waals surface area contributed by atoms with Gasteiger partial charge in [-0.1, -0.05) is 152 Å². The molecular formula is C54H36N2O. The van der Waals surface area contributed by atoms with E-state index in [-0.39, 0.29) is 0 Å². The maximum absolute atomic E-state index is 6.18. The van der Waals surface area contributed by atoms with E-state index < -0.39 is 0 Å². The van der Waals surface area contributed by atoms with Crippen molar-refractivity contribution in [2.24, 2.45) is 0 Å². The lowest BCUT2D eigenvalue weighted by Gasteiger charge is -2.28. The van der Waals surface area contributed by atoms with E-state index in [4.69, 9.17) is 4.42 Å². The molecule has 0 radical (unpaired) electrons. The van der Waals surface area contributed by atoms with Crippen molar-refractivity contribution < 1.29 is 4.42 Å². The molecule has 0 N–H and O–H groups in total. The first kappa shape index (κ1) is 32.8. The summed E-state index contributed by atoms with van der Waals surface area (Å²) in [5.41, 5.74) is 15.7. The van der Waals surface area contributed by atoms with Crippen LogP contribution in [0.1, 0.15) is 0 Å². The Balaban J connectivity index is 0.981. The van der Waals surface area contributed by atoms with E-state index in [1.165, 1.54) is 49.6 Å². The Labute approximate surface area is 330 Å². The summed E-state index contributed by atoms with van der Waals surface area (Å²) in [6.07, 6.45) is 0. The van der Waals surface area contributed by atoms with Crippen LogP contribution in [0.25, 0.3) is 82.8 Å². The summed E-state index contributed by atoms with van der Waals surface area (Å²) in [6.45, 7) is 0. The number of fused-ring (bicyclic) bond motifs is 6. The van der Waals surface area contributed by atoms with Gasteiger partial charge in [-0.25, -0.2) is 0 Å². The number of hydrogen-bond donors (Lipinski definition) is 0. The van der Waals surface area contributed by atoms with Gasteiger partial charge < -0.3 is 13.9 Å². The number of rotatable bonds is 7. The summed E-state index contributed by atoms with van der Waals surface area (Å²) in [5, 5.41) is 4.82. The van der Waals surface area contributed by atoms with Gasteiger partial charge in [-0.05, 0) is 94.5 Å². The first-order valence-corrected chi connectivity index (χ1v) is 19.4. The van der Waals surface area contributed by atoms with Crippen molar-refractivity contribution in [1.82, 2.24) is 4.57 Å². The predicted octanol–water partition coefficient (Wildman–Crippen LogP) is 15.2. The Kier molecular flexibility index (Phi) is 7.82. The van der Waals surface area contributed by atoms with E-state index in [2.05, 4.69) is 216 Å². The van der Waals surface area contributed by atoms with Gasteiger partial charge in [0.1, 0.15) is 11.2 Å². The highest BCUT2D eigenvalue weighted by molar-refractivity contribution is 6.12. The fraction of sp³-hybridized carbons (Fsp3) is 0. The van der Waals surface area contributed by atoms with Crippen LogP contribution in [0.3, 0.4) is 0 Å². The van der Waals surface area contributed by atoms with Gasteiger partial charge in [0.05, 0.1) is 16.7 Å². The minimum absolute atomic E-state index is 0.910. The zero-order chi connectivity index (χ0) is 37.7. The SMILES string of the molecule is c1ccc(-c2ccccc2N(c2ccc(-c3ccc(-c4cccc5oc6ccccc6c45)cc3)cc2)c2ccc(-n3c4ccccc4c4ccccc43)cc2)cc1. The lowest BCUT2D eigenvalue weighted by Crippen LogP contribution is -2.11. The van der Waals surface area contributed by atoms with Crippen LogP contribution >= 0.6 is 0 Å². The molecule has 0 aliphatic rings. The van der Waals surface area contributed by atoms with Gasteiger partial charge in [0.2, 0.25) is 0 Å². The highest BCUT2D eigenvalue weighted by Gasteiger charge is 2.19. The third kappa shape index (κ3) is 5.60. The molecule has 3 heteroatoms. The Morgan fingerprint density at radius 1 is 0.333 bits per heavy atom. The number of furan rings is 1. The number of benzene rings is 9. The Bertz CT molecular complexity index is 3160. The van der Waals surface area contributed by atoms with Crippen LogP contribution in [0, 0.1) is 0 Å². The molecule has 0 spiro atoms. The van der Waals surface area contributed by atoms with Crippen molar-refractivity contribution in [2.45, 2.75) is 0 Å². The van der Waals surface area contributed by atoms with Crippen LogP contribution in [0.2, 0.25) is 0 Å². The summed E-state index contributed by atoms with van der Waals surface area (Å²) < 4.78 is 8.55. The second-order valence-corrected chi connectivity index (χ2v) is 14.5. The van der Waals surface area contributed by atoms with Gasteiger partial charge in [0.15, 0.2) is 0 Å². The largest absolute Gasteiger partial charge is 0.456 e. The Hall–Kier alpha value is -7.62. The van der Waals surface area contributed by atoms with Crippen LogP contribution in [0.5, 0.6) is 0 Å². The summed E-state index contributed by atoms with van der Waals surface area (Å²) in [4.78, 5) is 2.38. The number of para-hydroxylation sites is 4. The van der Waals surface area contributed by atoms with E-state index in [1.54, 1.807) is 0 Å². The van der Waals surface area contributed by atoms with Crippen molar-refractivity contribution in [3.63, 3.8) is 0 Å². The van der Waals surface area contributed by atoms with Crippen molar-refractivity contribution in [3.8, 4) is 39.1 Å². The van der Waals surface area contributed by atoms with Crippen molar-refractivity contribution >= 4 is 60.8 Å². The molecule has 2 aromatic heterocycles. The topological polar surface area (TPSA) is 21.3 Å². The highest BCUT2D eigenvalue weighted by atomic mass is 16.3. The number of anilines is 3. The molecule has 0 fully saturated rings. The predicted molar refractivity (Wildman–Crippen MR) is 239 cm³/mol. The Morgan fingerprint density at radius 3 is 1.53 bits per heavy atom. The monoisotopic (exact) mass is 728 g/mol. The molecule has 11 rings (SSSR count). The molecular weight excluding hydrogens is 693 g/mol. The molecule has 9 aromatic carbocycles. The van der Waals surface area contributed by atoms with Crippen LogP contribution in [0.15, 0.2) is 223 Å². The molecule has 0 unspecified atom stereocenters. The fourth-order valence-electron chi connectivity index (χ4n) is 8.57. The zero-order valence-electron chi connectivity index (χ0n) is 31.1. The summed E-state index contributed by atoms with van der Waals surface area (Å²) in [5.74, 6) is 0. The fourth-order valence-corrected chi connectivity index (χ4v) is 8.57. The first-order chi connectivity index (χ1) is 28.3. The maximum atomic E-state index is 6.18. The number of nitrogens with zero attached hydrogens (tertiary/aromatic N) is 2. The number of hydrogen-bond acceptors (Lipinski definition) is 2. The molecule has 0 amide bonds. The standard InChI is InChI=1S/C54H36N2O/c1-2-13-39(14-3-1)44-15-4-8-20-49(44)55(42-33-35-43(36-34-42)56-50-21-9-5-16-46(50)47-17-6-10-22-51(47)56)41-31-29-38(30-32-41)37-25-27-40(28-26-37)45-19-12-24-53-54(45)48-18-7-11-23-52(48)57-53/h1-36H. The van der Waals surface area contributed by atoms with Crippen LogP contribution in [-0.4, -0.2) is 4.57 Å². The van der Waals surface area contributed by atoms with Gasteiger partial charge in [-0.15, -0.1) is 0 Å². The zero-order valence-corrected chi connectivity index (χ0v) is 31.1. The number of aromatic nitrogens is 1. The molecule has 0 aliphatic heterocycles. The Morgan fingerprint density at radius 2 is 0.825 bits per heavy atom. The van der Waals surface area contributed by atoms with E-state index in [0.717, 1.165) is 50.3 Å². The molecule has 0 bridgehead atoms. The second-order valence-electron chi connectivity index (χ2n) is 14.5. The quantitative estimate of drug-likeness (QED) is 0.163. The minimum atomic E-state index is 0.910. The average molecular weight is 729 g/mol. The molecule has 3 nitrogen and oxygen atoms in total. The van der Waals surface area contributed by atoms with Crippen LogP contribution in [-0.2, 0) is 0 Å². The smallest absolute Gasteiger partial charge is 0.136 e. The van der Waals surface area contributed by atoms with Crippen molar-refractivity contribution in [2.75, 3.05) is 4.90 Å².